The molecule has 2 aromatic carbocycles. The maximum absolute atomic E-state index is 12.7. The van der Waals surface area contributed by atoms with E-state index in [1.165, 1.54) is 16.7 Å². The van der Waals surface area contributed by atoms with Crippen molar-refractivity contribution >= 4 is 23.0 Å². The Morgan fingerprint density at radius 1 is 0.974 bits per heavy atom. The van der Waals surface area contributed by atoms with Crippen molar-refractivity contribution in [1.82, 2.24) is 4.90 Å². The molecule has 2 aromatic rings. The Morgan fingerprint density at radius 2 is 1.53 bits per heavy atom. The van der Waals surface area contributed by atoms with Gasteiger partial charge < -0.3 is 28.4 Å². The predicted octanol–water partition coefficient (Wildman–Crippen LogP) is 4.87. The van der Waals surface area contributed by atoms with Crippen molar-refractivity contribution in [3.63, 3.8) is 0 Å². The number of carbonyl (C=O) groups is 1. The summed E-state index contributed by atoms with van der Waals surface area (Å²) in [6.07, 6.45) is -1.20. The molecule has 0 bridgehead atoms. The molecule has 0 aromatic heterocycles. The summed E-state index contributed by atoms with van der Waals surface area (Å²) in [6, 6.07) is 15.1. The summed E-state index contributed by atoms with van der Waals surface area (Å²) in [6.45, 7) is 6.60. The lowest BCUT2D eigenvalue weighted by atomic mass is 10.0. The monoisotopic (exact) mass is 544 g/mol. The fourth-order valence-electron chi connectivity index (χ4n) is 4.02. The summed E-state index contributed by atoms with van der Waals surface area (Å²) in [5, 5.41) is 0.531. The Hall–Kier alpha value is -2.79. The second-order valence-electron chi connectivity index (χ2n) is 10.1. The summed E-state index contributed by atoms with van der Waals surface area (Å²) < 4.78 is 34.9. The lowest BCUT2D eigenvalue weighted by Crippen LogP contribution is -2.51. The van der Waals surface area contributed by atoms with E-state index in [9.17, 15) is 4.79 Å². The van der Waals surface area contributed by atoms with Gasteiger partial charge in [-0.3, -0.25) is 9.89 Å². The topological polar surface area (TPSA) is 88.1 Å². The maximum Gasteiger partial charge on any atom is 0.416 e. The van der Waals surface area contributed by atoms with E-state index in [-0.39, 0.29) is 23.7 Å². The smallest absolute Gasteiger partial charge is 0.416 e. The number of nitrogens with zero attached hydrogens (tertiary/aromatic N) is 2. The Labute approximate surface area is 228 Å². The number of hydrogen-bond donors (Lipinski definition) is 0. The molecule has 206 valence electrons. The number of fused-ring (bicyclic) bond motifs is 1. The first-order chi connectivity index (χ1) is 18.2. The standard InChI is InChI=1S/C28H36N2O7S/c1-28(2,3)37-27(31)30(4)26-29-23-24(35-16-19-9-13-21(33-6)14-10-19)22(17-36-25(23)38-26)34-15-18-7-11-20(32-5)12-8-18/h7-14,22-25H,15-17H2,1-6H3/t22-,23-,24+,25-/m1/s1. The SMILES string of the molecule is COc1ccc(CO[C@@H]2[C@H]3N=C(N(C)C(=O)OC(C)(C)C)S[C@H]3OC[C@H]2OCc2ccc(OC)cc2)cc1. The van der Waals surface area contributed by atoms with Crippen molar-refractivity contribution in [2.24, 2.45) is 4.99 Å². The van der Waals surface area contributed by atoms with E-state index in [4.69, 9.17) is 33.4 Å². The number of methoxy groups -OCH3 is 2. The van der Waals surface area contributed by atoms with Crippen molar-refractivity contribution in [3.8, 4) is 11.5 Å². The first kappa shape index (κ1) is 28.2. The van der Waals surface area contributed by atoms with Gasteiger partial charge in [-0.25, -0.2) is 4.79 Å². The zero-order valence-corrected chi connectivity index (χ0v) is 23.5. The van der Waals surface area contributed by atoms with Gasteiger partial charge in [-0.15, -0.1) is 0 Å². The van der Waals surface area contributed by atoms with Crippen molar-refractivity contribution in [2.45, 2.75) is 63.3 Å². The molecule has 4 rings (SSSR count). The highest BCUT2D eigenvalue weighted by atomic mass is 32.2. The first-order valence-electron chi connectivity index (χ1n) is 12.5. The largest absolute Gasteiger partial charge is 0.497 e. The van der Waals surface area contributed by atoms with Gasteiger partial charge in [-0.2, -0.15) is 0 Å². The first-order valence-corrected chi connectivity index (χ1v) is 13.4. The van der Waals surface area contributed by atoms with Gasteiger partial charge in [0.15, 0.2) is 5.17 Å². The van der Waals surface area contributed by atoms with E-state index in [0.29, 0.717) is 25.0 Å². The van der Waals surface area contributed by atoms with E-state index in [2.05, 4.69) is 0 Å². The lowest BCUT2D eigenvalue weighted by molar-refractivity contribution is -0.162. The second-order valence-corrected chi connectivity index (χ2v) is 11.1. The molecule has 0 N–H and O–H groups in total. The van der Waals surface area contributed by atoms with Crippen LogP contribution in [0.5, 0.6) is 11.5 Å². The highest BCUT2D eigenvalue weighted by Gasteiger charge is 2.47. The van der Waals surface area contributed by atoms with E-state index in [1.54, 1.807) is 21.3 Å². The van der Waals surface area contributed by atoms with Crippen LogP contribution >= 0.6 is 11.8 Å². The maximum atomic E-state index is 12.7. The van der Waals surface area contributed by atoms with Crippen LogP contribution in [0.2, 0.25) is 0 Å². The van der Waals surface area contributed by atoms with Crippen LogP contribution in [0.15, 0.2) is 53.5 Å². The molecular weight excluding hydrogens is 508 g/mol. The average molecular weight is 545 g/mol. The van der Waals surface area contributed by atoms with E-state index < -0.39 is 11.7 Å². The molecule has 9 nitrogen and oxygen atoms in total. The summed E-state index contributed by atoms with van der Waals surface area (Å²) in [4.78, 5) is 18.9. The van der Waals surface area contributed by atoms with Gasteiger partial charge in [-0.1, -0.05) is 36.0 Å². The van der Waals surface area contributed by atoms with Crippen molar-refractivity contribution < 1.29 is 33.2 Å². The minimum atomic E-state index is -0.608. The summed E-state index contributed by atoms with van der Waals surface area (Å²) in [5.41, 5.74) is 1.11. The fraction of sp³-hybridized carbons (Fsp3) is 0.500. The Morgan fingerprint density at radius 3 is 2.05 bits per heavy atom. The summed E-state index contributed by atoms with van der Waals surface area (Å²) in [5.74, 6) is 1.57. The molecule has 0 spiro atoms. The quantitative estimate of drug-likeness (QED) is 0.465. The molecule has 1 amide bonds. The fourth-order valence-corrected chi connectivity index (χ4v) is 5.14. The van der Waals surface area contributed by atoms with E-state index >= 15 is 0 Å². The van der Waals surface area contributed by atoms with Gasteiger partial charge in [0.1, 0.15) is 40.8 Å². The zero-order valence-electron chi connectivity index (χ0n) is 22.7. The second kappa shape index (κ2) is 12.4. The van der Waals surface area contributed by atoms with Crippen LogP contribution in [0.3, 0.4) is 0 Å². The molecule has 4 atom stereocenters. The number of amidine groups is 1. The van der Waals surface area contributed by atoms with Crippen LogP contribution in [0.25, 0.3) is 0 Å². The molecule has 2 aliphatic rings. The van der Waals surface area contributed by atoms with Crippen LogP contribution in [0, 0.1) is 0 Å². The molecule has 10 heteroatoms. The molecule has 0 saturated carbocycles. The number of rotatable bonds is 8. The number of thioether (sulfide) groups is 1. The summed E-state index contributed by atoms with van der Waals surface area (Å²) in [7, 11) is 4.93. The Kier molecular flexibility index (Phi) is 9.19. The molecule has 0 radical (unpaired) electrons. The zero-order chi connectivity index (χ0) is 27.3. The van der Waals surface area contributed by atoms with Crippen LogP contribution in [-0.4, -0.2) is 73.3 Å². The molecule has 38 heavy (non-hydrogen) atoms. The van der Waals surface area contributed by atoms with E-state index in [1.807, 2.05) is 69.3 Å². The molecular formula is C28H36N2O7S. The average Bonchev–Trinajstić information content (AvgIpc) is 3.34. The van der Waals surface area contributed by atoms with Crippen LogP contribution in [-0.2, 0) is 32.2 Å². The Bertz CT molecular complexity index is 1100. The molecule has 2 heterocycles. The molecule has 0 unspecified atom stereocenters. The molecule has 1 fully saturated rings. The van der Waals surface area contributed by atoms with Crippen molar-refractivity contribution in [3.05, 3.63) is 59.7 Å². The van der Waals surface area contributed by atoms with Gasteiger partial charge >= 0.3 is 6.09 Å². The van der Waals surface area contributed by atoms with Crippen molar-refractivity contribution in [1.29, 1.82) is 0 Å². The number of ether oxygens (including phenoxy) is 6. The van der Waals surface area contributed by atoms with Gasteiger partial charge in [0.2, 0.25) is 0 Å². The number of aliphatic imine (C=N–C) groups is 1. The Balaban J connectivity index is 1.50. The third kappa shape index (κ3) is 7.19. The highest BCUT2D eigenvalue weighted by molar-refractivity contribution is 8.14. The number of hydrogen-bond acceptors (Lipinski definition) is 9. The molecule has 0 aliphatic carbocycles. The van der Waals surface area contributed by atoms with Crippen LogP contribution in [0.1, 0.15) is 31.9 Å². The number of carbonyl (C=O) groups excluding carboxylic acids is 1. The third-order valence-electron chi connectivity index (χ3n) is 6.07. The minimum absolute atomic E-state index is 0.295. The van der Waals surface area contributed by atoms with Crippen LogP contribution < -0.4 is 9.47 Å². The highest BCUT2D eigenvalue weighted by Crippen LogP contribution is 2.38. The molecule has 2 aliphatic heterocycles. The van der Waals surface area contributed by atoms with E-state index in [0.717, 1.165) is 22.6 Å². The summed E-state index contributed by atoms with van der Waals surface area (Å²) >= 11 is 1.39. The van der Waals surface area contributed by atoms with Gasteiger partial charge in [0.25, 0.3) is 0 Å². The van der Waals surface area contributed by atoms with Gasteiger partial charge in [0.05, 0.1) is 34.0 Å². The van der Waals surface area contributed by atoms with Gasteiger partial charge in [-0.05, 0) is 56.2 Å². The number of amides is 1. The minimum Gasteiger partial charge on any atom is -0.497 e. The van der Waals surface area contributed by atoms with Gasteiger partial charge in [0, 0.05) is 7.05 Å². The number of benzene rings is 2. The normalized spacial score (nSPS) is 22.8. The van der Waals surface area contributed by atoms with Crippen LogP contribution in [0.4, 0.5) is 4.79 Å². The lowest BCUT2D eigenvalue weighted by Gasteiger charge is -2.37. The van der Waals surface area contributed by atoms with Crippen molar-refractivity contribution in [2.75, 3.05) is 27.9 Å². The third-order valence-corrected chi connectivity index (χ3v) is 7.30. The predicted molar refractivity (Wildman–Crippen MR) is 146 cm³/mol. The molecule has 1 saturated heterocycles.